The molecule has 1 heterocycles. The van der Waals surface area contributed by atoms with Gasteiger partial charge in [0.1, 0.15) is 11.6 Å². The van der Waals surface area contributed by atoms with Crippen molar-refractivity contribution in [3.63, 3.8) is 0 Å². The summed E-state index contributed by atoms with van der Waals surface area (Å²) in [5, 5.41) is 13.3. The molecular formula is C13H19N3O. The van der Waals surface area contributed by atoms with Crippen molar-refractivity contribution in [1.82, 2.24) is 9.97 Å². The Labute approximate surface area is 101 Å². The van der Waals surface area contributed by atoms with Crippen LogP contribution in [-0.2, 0) is 0 Å². The molecule has 0 aliphatic heterocycles. The maximum atomic E-state index is 9.99. The van der Waals surface area contributed by atoms with E-state index in [1.165, 1.54) is 12.8 Å². The number of rotatable bonds is 3. The van der Waals surface area contributed by atoms with Crippen LogP contribution in [0.3, 0.4) is 0 Å². The first kappa shape index (κ1) is 11.0. The Morgan fingerprint density at radius 2 is 2.12 bits per heavy atom. The highest BCUT2D eigenvalue weighted by Gasteiger charge is 2.41. The number of anilines is 1. The van der Waals surface area contributed by atoms with E-state index in [4.69, 9.17) is 0 Å². The molecule has 1 aromatic rings. The maximum absolute atomic E-state index is 9.99. The van der Waals surface area contributed by atoms with E-state index < -0.39 is 5.60 Å². The Morgan fingerprint density at radius 1 is 1.35 bits per heavy atom. The zero-order valence-electron chi connectivity index (χ0n) is 10.4. The lowest BCUT2D eigenvalue weighted by atomic mass is 9.76. The van der Waals surface area contributed by atoms with Crippen molar-refractivity contribution in [3.8, 4) is 0 Å². The first-order valence-corrected chi connectivity index (χ1v) is 6.39. The number of nitrogens with zero attached hydrogens (tertiary/aromatic N) is 2. The standard InChI is InChI=1S/C13H19N3O/c1-8-7-11(15-10-5-6-13(10,2)17)16-12(14-8)9-3-4-9/h7,9-10,17H,3-6H2,1-2H3,(H,14,15,16)/t10-,13-/m1/s1. The minimum absolute atomic E-state index is 0.129. The lowest BCUT2D eigenvalue weighted by Crippen LogP contribution is -2.53. The maximum Gasteiger partial charge on any atom is 0.134 e. The first-order valence-electron chi connectivity index (χ1n) is 6.39. The van der Waals surface area contributed by atoms with Crippen molar-refractivity contribution in [1.29, 1.82) is 0 Å². The summed E-state index contributed by atoms with van der Waals surface area (Å²) in [5.74, 6) is 2.40. The van der Waals surface area contributed by atoms with E-state index in [0.29, 0.717) is 5.92 Å². The highest BCUT2D eigenvalue weighted by atomic mass is 16.3. The summed E-state index contributed by atoms with van der Waals surface area (Å²) in [6.07, 6.45) is 4.30. The van der Waals surface area contributed by atoms with Crippen molar-refractivity contribution in [3.05, 3.63) is 17.6 Å². The van der Waals surface area contributed by atoms with Gasteiger partial charge in [-0.25, -0.2) is 9.97 Å². The Hall–Kier alpha value is -1.16. The molecule has 0 bridgehead atoms. The van der Waals surface area contributed by atoms with Crippen LogP contribution in [0.1, 0.15) is 50.0 Å². The fraction of sp³-hybridized carbons (Fsp3) is 0.692. The van der Waals surface area contributed by atoms with Gasteiger partial charge in [-0.05, 0) is 39.5 Å². The molecule has 0 spiro atoms. The van der Waals surface area contributed by atoms with Crippen LogP contribution >= 0.6 is 0 Å². The minimum atomic E-state index is -0.585. The number of nitrogens with one attached hydrogen (secondary N) is 1. The molecule has 0 saturated heterocycles. The smallest absolute Gasteiger partial charge is 0.134 e. The van der Waals surface area contributed by atoms with E-state index in [2.05, 4.69) is 15.3 Å². The summed E-state index contributed by atoms with van der Waals surface area (Å²) in [5.41, 5.74) is 0.418. The van der Waals surface area contributed by atoms with Crippen molar-refractivity contribution in [2.75, 3.05) is 5.32 Å². The molecule has 0 unspecified atom stereocenters. The number of aliphatic hydroxyl groups is 1. The molecule has 3 rings (SSSR count). The predicted molar refractivity (Wildman–Crippen MR) is 66.0 cm³/mol. The van der Waals surface area contributed by atoms with E-state index in [1.54, 1.807) is 0 Å². The number of aryl methyl sites for hydroxylation is 1. The topological polar surface area (TPSA) is 58.0 Å². The van der Waals surface area contributed by atoms with Crippen LogP contribution in [-0.4, -0.2) is 26.7 Å². The number of hydrogen-bond acceptors (Lipinski definition) is 4. The van der Waals surface area contributed by atoms with E-state index in [9.17, 15) is 5.11 Å². The zero-order valence-corrected chi connectivity index (χ0v) is 10.4. The average molecular weight is 233 g/mol. The molecule has 0 aromatic carbocycles. The average Bonchev–Trinajstić information content (AvgIpc) is 3.07. The van der Waals surface area contributed by atoms with Crippen LogP contribution in [0.4, 0.5) is 5.82 Å². The molecule has 2 saturated carbocycles. The predicted octanol–water partition coefficient (Wildman–Crippen LogP) is 1.99. The third-order valence-electron chi connectivity index (χ3n) is 3.83. The second kappa shape index (κ2) is 3.67. The molecule has 4 heteroatoms. The lowest BCUT2D eigenvalue weighted by Gasteiger charge is -2.43. The fourth-order valence-electron chi connectivity index (χ4n) is 2.30. The van der Waals surface area contributed by atoms with Gasteiger partial charge in [0.25, 0.3) is 0 Å². The highest BCUT2D eigenvalue weighted by molar-refractivity contribution is 5.39. The van der Waals surface area contributed by atoms with E-state index in [0.717, 1.165) is 30.2 Å². The van der Waals surface area contributed by atoms with Gasteiger partial charge in [0, 0.05) is 17.7 Å². The summed E-state index contributed by atoms with van der Waals surface area (Å²) in [6, 6.07) is 2.09. The van der Waals surface area contributed by atoms with Gasteiger partial charge >= 0.3 is 0 Å². The van der Waals surface area contributed by atoms with Gasteiger partial charge in [-0.3, -0.25) is 0 Å². The van der Waals surface area contributed by atoms with Crippen LogP contribution in [0.15, 0.2) is 6.07 Å². The molecule has 0 radical (unpaired) electrons. The quantitative estimate of drug-likeness (QED) is 0.838. The summed E-state index contributed by atoms with van der Waals surface area (Å²) in [6.45, 7) is 3.88. The van der Waals surface area contributed by atoms with Gasteiger partial charge < -0.3 is 10.4 Å². The SMILES string of the molecule is Cc1cc(N[C@@H]2CC[C@@]2(C)O)nc(C2CC2)n1. The monoisotopic (exact) mass is 233 g/mol. The first-order chi connectivity index (χ1) is 8.04. The van der Waals surface area contributed by atoms with Gasteiger partial charge in [0.15, 0.2) is 0 Å². The molecule has 0 amide bonds. The Bertz CT molecular complexity index is 440. The third kappa shape index (κ3) is 2.14. The van der Waals surface area contributed by atoms with Gasteiger partial charge in [-0.1, -0.05) is 0 Å². The Kier molecular flexibility index (Phi) is 2.36. The van der Waals surface area contributed by atoms with Crippen LogP contribution in [0.5, 0.6) is 0 Å². The fourth-order valence-corrected chi connectivity index (χ4v) is 2.30. The lowest BCUT2D eigenvalue weighted by molar-refractivity contribution is -0.0287. The molecule has 92 valence electrons. The summed E-state index contributed by atoms with van der Waals surface area (Å²) < 4.78 is 0. The molecule has 1 aromatic heterocycles. The minimum Gasteiger partial charge on any atom is -0.388 e. The van der Waals surface area contributed by atoms with E-state index >= 15 is 0 Å². The molecule has 17 heavy (non-hydrogen) atoms. The van der Waals surface area contributed by atoms with Crippen molar-refractivity contribution in [2.45, 2.75) is 57.1 Å². The van der Waals surface area contributed by atoms with Crippen LogP contribution in [0.25, 0.3) is 0 Å². The number of hydrogen-bond donors (Lipinski definition) is 2. The van der Waals surface area contributed by atoms with Gasteiger partial charge in [0.2, 0.25) is 0 Å². The van der Waals surface area contributed by atoms with Gasteiger partial charge in [-0.2, -0.15) is 0 Å². The van der Waals surface area contributed by atoms with Crippen LogP contribution in [0, 0.1) is 6.92 Å². The summed E-state index contributed by atoms with van der Waals surface area (Å²) >= 11 is 0. The molecule has 2 N–H and O–H groups in total. The zero-order chi connectivity index (χ0) is 12.0. The molecule has 2 aliphatic carbocycles. The van der Waals surface area contributed by atoms with Crippen LogP contribution in [0.2, 0.25) is 0 Å². The third-order valence-corrected chi connectivity index (χ3v) is 3.83. The summed E-state index contributed by atoms with van der Waals surface area (Å²) in [4.78, 5) is 9.02. The molecular weight excluding hydrogens is 214 g/mol. The van der Waals surface area contributed by atoms with Gasteiger partial charge in [0.05, 0.1) is 11.6 Å². The second-order valence-corrected chi connectivity index (χ2v) is 5.62. The molecule has 2 fully saturated rings. The van der Waals surface area contributed by atoms with E-state index in [-0.39, 0.29) is 6.04 Å². The Morgan fingerprint density at radius 3 is 2.65 bits per heavy atom. The Balaban J connectivity index is 1.78. The molecule has 2 atom stereocenters. The van der Waals surface area contributed by atoms with Gasteiger partial charge in [-0.15, -0.1) is 0 Å². The highest BCUT2D eigenvalue weighted by Crippen LogP contribution is 2.39. The van der Waals surface area contributed by atoms with Crippen molar-refractivity contribution >= 4 is 5.82 Å². The van der Waals surface area contributed by atoms with Crippen molar-refractivity contribution < 1.29 is 5.11 Å². The van der Waals surface area contributed by atoms with Crippen molar-refractivity contribution in [2.24, 2.45) is 0 Å². The number of aromatic nitrogens is 2. The molecule has 4 nitrogen and oxygen atoms in total. The second-order valence-electron chi connectivity index (χ2n) is 5.62. The molecule has 2 aliphatic rings. The largest absolute Gasteiger partial charge is 0.388 e. The summed E-state index contributed by atoms with van der Waals surface area (Å²) in [7, 11) is 0. The van der Waals surface area contributed by atoms with E-state index in [1.807, 2.05) is 19.9 Å². The van der Waals surface area contributed by atoms with Crippen LogP contribution < -0.4 is 5.32 Å². The normalized spacial score (nSPS) is 32.1.